The highest BCUT2D eigenvalue weighted by molar-refractivity contribution is 9.10. The highest BCUT2D eigenvalue weighted by Crippen LogP contribution is 2.38. The molecule has 0 radical (unpaired) electrons. The number of benzene rings is 2. The predicted octanol–water partition coefficient (Wildman–Crippen LogP) is 4.58. The minimum absolute atomic E-state index is 0.0906. The van der Waals surface area contributed by atoms with Crippen LogP contribution in [0.25, 0.3) is 0 Å². The Morgan fingerprint density at radius 2 is 1.88 bits per heavy atom. The van der Waals surface area contributed by atoms with E-state index in [-0.39, 0.29) is 15.4 Å². The van der Waals surface area contributed by atoms with Gasteiger partial charge in [0.15, 0.2) is 0 Å². The lowest BCUT2D eigenvalue weighted by molar-refractivity contribution is 0.303. The highest BCUT2D eigenvalue weighted by atomic mass is 79.9. The van der Waals surface area contributed by atoms with Crippen molar-refractivity contribution >= 4 is 26.0 Å². The molecule has 0 aromatic heterocycles. The van der Waals surface area contributed by atoms with Gasteiger partial charge in [-0.15, -0.1) is 0 Å². The summed E-state index contributed by atoms with van der Waals surface area (Å²) in [4.78, 5) is 0.104. The van der Waals surface area contributed by atoms with Gasteiger partial charge in [0.05, 0.1) is 4.90 Å². The molecule has 128 valence electrons. The van der Waals surface area contributed by atoms with E-state index in [1.165, 1.54) is 22.5 Å². The summed E-state index contributed by atoms with van der Waals surface area (Å²) >= 11 is 3.19. The third-order valence-electron chi connectivity index (χ3n) is 4.42. The van der Waals surface area contributed by atoms with E-state index >= 15 is 0 Å². The molecule has 0 spiro atoms. The van der Waals surface area contributed by atoms with Gasteiger partial charge < -0.3 is 0 Å². The smallest absolute Gasteiger partial charge is 0.207 e. The third-order valence-corrected chi connectivity index (χ3v) is 7.33. The Kier molecular flexibility index (Phi) is 5.08. The molecule has 0 bridgehead atoms. The van der Waals surface area contributed by atoms with Gasteiger partial charge >= 0.3 is 0 Å². The summed E-state index contributed by atoms with van der Waals surface area (Å²) in [6, 6.07) is 13.1. The monoisotopic (exact) mass is 411 g/mol. The zero-order valence-corrected chi connectivity index (χ0v) is 15.7. The lowest BCUT2D eigenvalue weighted by Crippen LogP contribution is -2.39. The molecule has 6 heteroatoms. The zero-order valence-electron chi connectivity index (χ0n) is 13.3. The Morgan fingerprint density at radius 3 is 2.46 bits per heavy atom. The second-order valence-corrected chi connectivity index (χ2v) is 8.90. The molecule has 24 heavy (non-hydrogen) atoms. The zero-order chi connectivity index (χ0) is 17.3. The first kappa shape index (κ1) is 17.6. The summed E-state index contributed by atoms with van der Waals surface area (Å²) in [6.07, 6.45) is 2.10. The average Bonchev–Trinajstić information content (AvgIpc) is 3.37. The predicted molar refractivity (Wildman–Crippen MR) is 95.5 cm³/mol. The van der Waals surface area contributed by atoms with E-state index in [4.69, 9.17) is 0 Å². The van der Waals surface area contributed by atoms with Gasteiger partial charge in [0.1, 0.15) is 5.82 Å². The molecule has 1 aliphatic carbocycles. The molecule has 0 aliphatic heterocycles. The van der Waals surface area contributed by atoms with Gasteiger partial charge in [-0.05, 0) is 65.4 Å². The summed E-state index contributed by atoms with van der Waals surface area (Å²) in [5.41, 5.74) is 0.937. The second kappa shape index (κ2) is 6.94. The number of sulfonamides is 1. The van der Waals surface area contributed by atoms with Crippen molar-refractivity contribution in [1.82, 2.24) is 4.31 Å². The van der Waals surface area contributed by atoms with Crippen LogP contribution in [-0.4, -0.2) is 18.8 Å². The summed E-state index contributed by atoms with van der Waals surface area (Å²) in [7, 11) is -3.73. The van der Waals surface area contributed by atoms with Gasteiger partial charge in [-0.1, -0.05) is 30.3 Å². The van der Waals surface area contributed by atoms with Crippen molar-refractivity contribution in [2.45, 2.75) is 37.2 Å². The van der Waals surface area contributed by atoms with Crippen LogP contribution < -0.4 is 0 Å². The van der Waals surface area contributed by atoms with E-state index in [0.29, 0.717) is 12.5 Å². The summed E-state index contributed by atoms with van der Waals surface area (Å²) in [5.74, 6) is -0.0756. The van der Waals surface area contributed by atoms with Crippen molar-refractivity contribution in [3.63, 3.8) is 0 Å². The number of halogens is 2. The molecular formula is C18H19BrFNO2S. The standard InChI is InChI=1S/C18H19BrFNO2S/c1-13(15-7-8-15)21(12-14-5-3-2-4-6-14)24(22,23)18-10-9-16(20)11-17(18)19/h2-6,9-11,13,15H,7-8,12H2,1H3. The lowest BCUT2D eigenvalue weighted by atomic mass is 10.2. The van der Waals surface area contributed by atoms with Crippen molar-refractivity contribution in [3.05, 3.63) is 64.4 Å². The van der Waals surface area contributed by atoms with E-state index in [2.05, 4.69) is 15.9 Å². The van der Waals surface area contributed by atoms with Gasteiger partial charge in [-0.3, -0.25) is 0 Å². The number of nitrogens with zero attached hydrogens (tertiary/aromatic N) is 1. The molecule has 1 fully saturated rings. The van der Waals surface area contributed by atoms with E-state index < -0.39 is 15.8 Å². The second-order valence-electron chi connectivity index (χ2n) is 6.19. The number of hydrogen-bond acceptors (Lipinski definition) is 2. The van der Waals surface area contributed by atoms with E-state index in [1.54, 1.807) is 0 Å². The van der Waals surface area contributed by atoms with Crippen molar-refractivity contribution in [1.29, 1.82) is 0 Å². The van der Waals surface area contributed by atoms with Gasteiger partial charge in [-0.25, -0.2) is 12.8 Å². The van der Waals surface area contributed by atoms with E-state index in [0.717, 1.165) is 18.4 Å². The van der Waals surface area contributed by atoms with Gasteiger partial charge in [0, 0.05) is 17.1 Å². The molecule has 2 aromatic carbocycles. The van der Waals surface area contributed by atoms with Crippen molar-refractivity contribution in [2.75, 3.05) is 0 Å². The van der Waals surface area contributed by atoms with Crippen LogP contribution in [0.3, 0.4) is 0 Å². The summed E-state index contributed by atoms with van der Waals surface area (Å²) < 4.78 is 41.6. The van der Waals surface area contributed by atoms with Crippen molar-refractivity contribution in [3.8, 4) is 0 Å². The third kappa shape index (κ3) is 3.71. The fraction of sp³-hybridized carbons (Fsp3) is 0.333. The maximum Gasteiger partial charge on any atom is 0.244 e. The minimum atomic E-state index is -3.73. The number of rotatable bonds is 6. The quantitative estimate of drug-likeness (QED) is 0.697. The van der Waals surface area contributed by atoms with Crippen LogP contribution in [0.2, 0.25) is 0 Å². The SMILES string of the molecule is CC(C1CC1)N(Cc1ccccc1)S(=O)(=O)c1ccc(F)cc1Br. The van der Waals surface area contributed by atoms with Crippen molar-refractivity contribution < 1.29 is 12.8 Å². The van der Waals surface area contributed by atoms with Gasteiger partial charge in [0.25, 0.3) is 0 Å². The van der Waals surface area contributed by atoms with E-state index in [9.17, 15) is 12.8 Å². The molecule has 1 unspecified atom stereocenters. The van der Waals surface area contributed by atoms with Gasteiger partial charge in [-0.2, -0.15) is 4.31 Å². The Labute approximate surface area is 150 Å². The fourth-order valence-electron chi connectivity index (χ4n) is 2.84. The Hall–Kier alpha value is -1.24. The average molecular weight is 412 g/mol. The van der Waals surface area contributed by atoms with Crippen LogP contribution in [0, 0.1) is 11.7 Å². The molecule has 3 nitrogen and oxygen atoms in total. The Balaban J connectivity index is 1.99. The molecule has 0 heterocycles. The molecule has 3 rings (SSSR count). The number of hydrogen-bond donors (Lipinski definition) is 0. The van der Waals surface area contributed by atoms with Crippen LogP contribution in [0.4, 0.5) is 4.39 Å². The molecule has 0 N–H and O–H groups in total. The van der Waals surface area contributed by atoms with Crippen LogP contribution in [0.5, 0.6) is 0 Å². The Morgan fingerprint density at radius 1 is 1.21 bits per heavy atom. The first-order valence-electron chi connectivity index (χ1n) is 7.90. The van der Waals surface area contributed by atoms with Crippen LogP contribution in [0.1, 0.15) is 25.3 Å². The largest absolute Gasteiger partial charge is 0.244 e. The minimum Gasteiger partial charge on any atom is -0.207 e. The maximum atomic E-state index is 13.3. The summed E-state index contributed by atoms with van der Waals surface area (Å²) in [6.45, 7) is 2.26. The lowest BCUT2D eigenvalue weighted by Gasteiger charge is -2.29. The highest BCUT2D eigenvalue weighted by Gasteiger charge is 2.39. The maximum absolute atomic E-state index is 13.3. The normalized spacial score (nSPS) is 16.3. The first-order valence-corrected chi connectivity index (χ1v) is 10.1. The van der Waals surface area contributed by atoms with Crippen LogP contribution in [0.15, 0.2) is 57.9 Å². The van der Waals surface area contributed by atoms with Crippen LogP contribution >= 0.6 is 15.9 Å². The topological polar surface area (TPSA) is 37.4 Å². The van der Waals surface area contributed by atoms with E-state index in [1.807, 2.05) is 37.3 Å². The summed E-state index contributed by atoms with van der Waals surface area (Å²) in [5, 5.41) is 0. The first-order chi connectivity index (χ1) is 11.4. The van der Waals surface area contributed by atoms with Crippen molar-refractivity contribution in [2.24, 2.45) is 5.92 Å². The Bertz CT molecular complexity index is 822. The molecule has 1 saturated carbocycles. The molecular weight excluding hydrogens is 393 g/mol. The molecule has 0 saturated heterocycles. The molecule has 2 aromatic rings. The molecule has 1 atom stereocenters. The molecule has 1 aliphatic rings. The van der Waals surface area contributed by atoms with Crippen LogP contribution in [-0.2, 0) is 16.6 Å². The van der Waals surface area contributed by atoms with Gasteiger partial charge in [0.2, 0.25) is 10.0 Å². The molecule has 0 amide bonds. The fourth-order valence-corrected chi connectivity index (χ4v) is 5.53.